The van der Waals surface area contributed by atoms with Crippen LogP contribution in [0.5, 0.6) is 0 Å². The number of amides is 1. The predicted molar refractivity (Wildman–Crippen MR) is 148 cm³/mol. The number of aryl methyl sites for hydroxylation is 1. The third-order valence-corrected chi connectivity index (χ3v) is 8.77. The van der Waals surface area contributed by atoms with Crippen LogP contribution in [0.25, 0.3) is 22.3 Å². The highest BCUT2D eigenvalue weighted by Crippen LogP contribution is 2.48. The predicted octanol–water partition coefficient (Wildman–Crippen LogP) is 3.82. The third-order valence-electron chi connectivity index (χ3n) is 8.77. The number of rotatable bonds is 5. The van der Waals surface area contributed by atoms with Gasteiger partial charge in [0.1, 0.15) is 12.4 Å². The van der Waals surface area contributed by atoms with Gasteiger partial charge in [-0.3, -0.25) is 14.4 Å². The molecule has 3 atom stereocenters. The Labute approximate surface area is 235 Å². The van der Waals surface area contributed by atoms with Gasteiger partial charge in [0.05, 0.1) is 35.1 Å². The van der Waals surface area contributed by atoms with Gasteiger partial charge in [0.15, 0.2) is 0 Å². The molecule has 0 bridgehead atoms. The normalized spacial score (nSPS) is 20.9. The van der Waals surface area contributed by atoms with Crippen molar-refractivity contribution in [3.8, 4) is 11.4 Å². The molecule has 41 heavy (non-hydrogen) atoms. The Bertz CT molecular complexity index is 1780. The largest absolute Gasteiger partial charge is 0.457 e. The molecule has 6 rings (SSSR count). The number of carbonyl (C=O) groups excluding carboxylic acids is 3. The number of ether oxygens (including phenoxy) is 2. The Hall–Kier alpha value is -4.34. The van der Waals surface area contributed by atoms with E-state index in [1.807, 2.05) is 0 Å². The van der Waals surface area contributed by atoms with Crippen LogP contribution in [-0.2, 0) is 49.0 Å². The van der Waals surface area contributed by atoms with Crippen molar-refractivity contribution in [2.24, 2.45) is 0 Å². The van der Waals surface area contributed by atoms with E-state index < -0.39 is 23.6 Å². The highest BCUT2D eigenvalue weighted by Gasteiger charge is 2.50. The number of carbonyl (C=O) groups is 3. The van der Waals surface area contributed by atoms with Crippen molar-refractivity contribution in [1.82, 2.24) is 14.9 Å². The molecule has 1 N–H and O–H groups in total. The zero-order valence-electron chi connectivity index (χ0n) is 23.4. The van der Waals surface area contributed by atoms with Gasteiger partial charge < -0.3 is 19.4 Å². The fraction of sp³-hybridized carbons (Fsp3) is 0.387. The summed E-state index contributed by atoms with van der Waals surface area (Å²) in [6.45, 7) is 10.0. The quantitative estimate of drug-likeness (QED) is 0.292. The van der Waals surface area contributed by atoms with Gasteiger partial charge in [0, 0.05) is 42.3 Å². The van der Waals surface area contributed by atoms with Crippen LogP contribution in [0.1, 0.15) is 72.9 Å². The SMILES string of the molecule is C=C[C@@H](NC(C)=O)[C@@H]1CCc2c(C)c(F)cc3nc4c(c1c23)Cn1c-4cc2c(c1=O)COC(=O)[C@@]2(CC)OC(C)=O. The zero-order chi connectivity index (χ0) is 29.4. The number of hydrogen-bond acceptors (Lipinski definition) is 7. The zero-order valence-corrected chi connectivity index (χ0v) is 23.4. The van der Waals surface area contributed by atoms with Crippen LogP contribution in [0.3, 0.4) is 0 Å². The van der Waals surface area contributed by atoms with Gasteiger partial charge >= 0.3 is 11.9 Å². The van der Waals surface area contributed by atoms with Crippen molar-refractivity contribution < 1.29 is 28.2 Å². The fourth-order valence-corrected chi connectivity index (χ4v) is 6.91. The first-order valence-corrected chi connectivity index (χ1v) is 13.7. The second kappa shape index (κ2) is 9.36. The number of hydrogen-bond donors (Lipinski definition) is 1. The summed E-state index contributed by atoms with van der Waals surface area (Å²) in [6.07, 6.45) is 3.01. The van der Waals surface area contributed by atoms with Gasteiger partial charge in [-0.15, -0.1) is 6.58 Å². The first-order chi connectivity index (χ1) is 19.5. The van der Waals surface area contributed by atoms with Crippen LogP contribution in [0, 0.1) is 12.7 Å². The van der Waals surface area contributed by atoms with E-state index in [2.05, 4.69) is 11.9 Å². The van der Waals surface area contributed by atoms with E-state index >= 15 is 4.39 Å². The van der Waals surface area contributed by atoms with Crippen molar-refractivity contribution in [2.45, 2.75) is 77.7 Å². The second-order valence-corrected chi connectivity index (χ2v) is 11.0. The van der Waals surface area contributed by atoms with Gasteiger partial charge in [0.2, 0.25) is 11.5 Å². The van der Waals surface area contributed by atoms with Crippen LogP contribution in [0.15, 0.2) is 29.6 Å². The topological polar surface area (TPSA) is 117 Å². The molecule has 1 aromatic carbocycles. The second-order valence-electron chi connectivity index (χ2n) is 11.0. The summed E-state index contributed by atoms with van der Waals surface area (Å²) in [7, 11) is 0. The summed E-state index contributed by atoms with van der Waals surface area (Å²) in [5, 5.41) is 3.82. The molecule has 0 unspecified atom stereocenters. The Morgan fingerprint density at radius 2 is 2.05 bits per heavy atom. The summed E-state index contributed by atoms with van der Waals surface area (Å²) < 4.78 is 27.6. The number of fused-ring (bicyclic) bond motifs is 5. The Kier molecular flexibility index (Phi) is 6.13. The molecule has 0 saturated carbocycles. The van der Waals surface area contributed by atoms with Crippen molar-refractivity contribution in [3.63, 3.8) is 0 Å². The van der Waals surface area contributed by atoms with E-state index in [9.17, 15) is 19.2 Å². The molecule has 0 spiro atoms. The van der Waals surface area contributed by atoms with Crippen LogP contribution >= 0.6 is 0 Å². The highest BCUT2D eigenvalue weighted by atomic mass is 19.1. The van der Waals surface area contributed by atoms with Crippen molar-refractivity contribution >= 4 is 28.7 Å². The number of nitrogens with one attached hydrogen (secondary N) is 1. The molecule has 0 fully saturated rings. The number of benzene rings is 1. The van der Waals surface area contributed by atoms with Crippen molar-refractivity contribution in [3.05, 3.63) is 74.3 Å². The Morgan fingerprint density at radius 1 is 1.29 bits per heavy atom. The van der Waals surface area contributed by atoms with Crippen LogP contribution in [0.2, 0.25) is 0 Å². The van der Waals surface area contributed by atoms with E-state index in [0.717, 1.165) is 22.1 Å². The van der Waals surface area contributed by atoms with E-state index in [1.54, 1.807) is 30.6 Å². The molecule has 10 heteroatoms. The molecule has 1 aliphatic carbocycles. The average Bonchev–Trinajstić information content (AvgIpc) is 3.30. The maximum absolute atomic E-state index is 15.1. The number of esters is 2. The van der Waals surface area contributed by atoms with Crippen LogP contribution in [-0.4, -0.2) is 33.4 Å². The molecule has 212 valence electrons. The maximum Gasteiger partial charge on any atom is 0.355 e. The van der Waals surface area contributed by atoms with Gasteiger partial charge in [-0.2, -0.15) is 0 Å². The summed E-state index contributed by atoms with van der Waals surface area (Å²) in [5.41, 5.74) is 2.90. The lowest BCUT2D eigenvalue weighted by Crippen LogP contribution is -2.47. The molecular formula is C31H30FN3O6. The molecule has 0 radical (unpaired) electrons. The lowest BCUT2D eigenvalue weighted by molar-refractivity contribution is -0.188. The minimum Gasteiger partial charge on any atom is -0.457 e. The van der Waals surface area contributed by atoms with E-state index in [1.165, 1.54) is 19.9 Å². The molecule has 0 saturated heterocycles. The molecule has 2 aliphatic heterocycles. The first kappa shape index (κ1) is 26.9. The van der Waals surface area contributed by atoms with Gasteiger partial charge in [0.25, 0.3) is 5.56 Å². The molecule has 9 nitrogen and oxygen atoms in total. The summed E-state index contributed by atoms with van der Waals surface area (Å²) >= 11 is 0. The van der Waals surface area contributed by atoms with E-state index in [4.69, 9.17) is 14.5 Å². The summed E-state index contributed by atoms with van der Waals surface area (Å²) in [5.74, 6) is -2.17. The van der Waals surface area contributed by atoms with Crippen LogP contribution in [0.4, 0.5) is 4.39 Å². The standard InChI is InChI=1S/C31H30FN3O6/c1-6-23(33-15(4)36)18-9-8-17-14(3)22(32)11-24-27(17)26(18)19-12-35-25(28(19)34-24)10-21-20(29(35)38)13-40-30(39)31(21,7-2)41-16(5)37/h6,10-11,18,23H,1,7-9,12-13H2,2-5H3,(H,33,36)/t18-,23+,31-/m0/s1. The minimum absolute atomic E-state index is 0.0677. The summed E-state index contributed by atoms with van der Waals surface area (Å²) in [4.78, 5) is 56.0. The third kappa shape index (κ3) is 3.76. The summed E-state index contributed by atoms with van der Waals surface area (Å²) in [6, 6.07) is 2.70. The molecule has 1 amide bonds. The first-order valence-electron chi connectivity index (χ1n) is 13.7. The number of cyclic esters (lactones) is 1. The lowest BCUT2D eigenvalue weighted by atomic mass is 9.75. The highest BCUT2D eigenvalue weighted by molar-refractivity contribution is 5.94. The molecule has 3 aliphatic rings. The Balaban J connectivity index is 1.66. The molecule has 3 aromatic rings. The number of nitrogens with zero attached hydrogens (tertiary/aromatic N) is 2. The fourth-order valence-electron chi connectivity index (χ4n) is 6.91. The van der Waals surface area contributed by atoms with Gasteiger partial charge in [-0.25, -0.2) is 14.2 Å². The molecule has 4 heterocycles. The molecule has 2 aromatic heterocycles. The van der Waals surface area contributed by atoms with Crippen molar-refractivity contribution in [1.29, 1.82) is 0 Å². The molecular weight excluding hydrogens is 529 g/mol. The maximum atomic E-state index is 15.1. The number of aromatic nitrogens is 2. The minimum atomic E-state index is -1.76. The number of halogens is 1. The van der Waals surface area contributed by atoms with Crippen LogP contribution < -0.4 is 10.9 Å². The smallest absolute Gasteiger partial charge is 0.355 e. The van der Waals surface area contributed by atoms with E-state index in [-0.39, 0.29) is 53.9 Å². The monoisotopic (exact) mass is 559 g/mol. The van der Waals surface area contributed by atoms with E-state index in [0.29, 0.717) is 35.3 Å². The van der Waals surface area contributed by atoms with Crippen molar-refractivity contribution in [2.75, 3.05) is 0 Å². The Morgan fingerprint density at radius 3 is 2.71 bits per heavy atom. The van der Waals surface area contributed by atoms with Gasteiger partial charge in [-0.05, 0) is 48.9 Å². The number of pyridine rings is 2. The lowest BCUT2D eigenvalue weighted by Gasteiger charge is -2.35. The average molecular weight is 560 g/mol. The van der Waals surface area contributed by atoms with Gasteiger partial charge in [-0.1, -0.05) is 13.0 Å².